The lowest BCUT2D eigenvalue weighted by molar-refractivity contribution is 0.597. The number of hydrogen-bond acceptors (Lipinski definition) is 1. The topological polar surface area (TPSA) is 12.0 Å². The lowest BCUT2D eigenvalue weighted by atomic mass is 10.0. The molecular formula is C17H27N. The minimum Gasteiger partial charge on any atom is -0.382 e. The van der Waals surface area contributed by atoms with E-state index in [1.54, 1.807) is 0 Å². The zero-order valence-corrected chi connectivity index (χ0v) is 12.1. The smallest absolute Gasteiger partial charge is 0.0374 e. The lowest BCUT2D eigenvalue weighted by Gasteiger charge is -2.18. The van der Waals surface area contributed by atoms with E-state index in [4.69, 9.17) is 0 Å². The van der Waals surface area contributed by atoms with Crippen LogP contribution in [0.1, 0.15) is 52.9 Å². The van der Waals surface area contributed by atoms with E-state index in [-0.39, 0.29) is 0 Å². The standard InChI is InChI=1S/C17H27N/c1-4-6-9-12-16-13-10-7-8-11-14-17(16)18-15(3)5-2/h7-8,10-11,13-15,18H,4-6,9,12H2,1-3H3/b8-7-,10-7?,11-8?,13-10+,14-11+,16-13?,17-14?,17-16+/t15-/m0/s1. The maximum Gasteiger partial charge on any atom is 0.0374 e. The fourth-order valence-corrected chi connectivity index (χ4v) is 1.94. The van der Waals surface area contributed by atoms with Crippen LogP contribution in [0.3, 0.4) is 0 Å². The van der Waals surface area contributed by atoms with Gasteiger partial charge in [-0.3, -0.25) is 0 Å². The van der Waals surface area contributed by atoms with Crippen LogP contribution in [0, 0.1) is 0 Å². The summed E-state index contributed by atoms with van der Waals surface area (Å²) in [4.78, 5) is 0. The van der Waals surface area contributed by atoms with E-state index in [2.05, 4.69) is 62.5 Å². The predicted octanol–water partition coefficient (Wildman–Crippen LogP) is 4.89. The molecule has 0 radical (unpaired) electrons. The summed E-state index contributed by atoms with van der Waals surface area (Å²) in [5.41, 5.74) is 2.73. The second-order valence-corrected chi connectivity index (χ2v) is 4.95. The second kappa shape index (κ2) is 8.79. The molecule has 0 fully saturated rings. The molecule has 0 aliphatic heterocycles. The van der Waals surface area contributed by atoms with Crippen LogP contribution >= 0.6 is 0 Å². The van der Waals surface area contributed by atoms with Crippen LogP contribution < -0.4 is 5.32 Å². The van der Waals surface area contributed by atoms with Gasteiger partial charge in [0.15, 0.2) is 0 Å². The Morgan fingerprint density at radius 2 is 1.72 bits per heavy atom. The van der Waals surface area contributed by atoms with Crippen molar-refractivity contribution in [1.29, 1.82) is 0 Å². The summed E-state index contributed by atoms with van der Waals surface area (Å²) in [7, 11) is 0. The lowest BCUT2D eigenvalue weighted by Crippen LogP contribution is -2.24. The molecule has 0 heterocycles. The quantitative estimate of drug-likeness (QED) is 0.630. The molecule has 1 N–H and O–H groups in total. The predicted molar refractivity (Wildman–Crippen MR) is 81.5 cm³/mol. The molecule has 0 aromatic rings. The maximum atomic E-state index is 3.62. The number of allylic oxidation sites excluding steroid dienone is 7. The molecular weight excluding hydrogens is 218 g/mol. The van der Waals surface area contributed by atoms with Gasteiger partial charge in [-0.15, -0.1) is 0 Å². The third kappa shape index (κ3) is 5.39. The normalized spacial score (nSPS) is 25.9. The van der Waals surface area contributed by atoms with Crippen molar-refractivity contribution in [3.8, 4) is 0 Å². The maximum absolute atomic E-state index is 3.62. The molecule has 1 aliphatic rings. The van der Waals surface area contributed by atoms with Gasteiger partial charge in [-0.05, 0) is 37.8 Å². The summed E-state index contributed by atoms with van der Waals surface area (Å²) in [6.45, 7) is 6.71. The number of unbranched alkanes of at least 4 members (excludes halogenated alkanes) is 2. The van der Waals surface area contributed by atoms with Gasteiger partial charge in [0.25, 0.3) is 0 Å². The van der Waals surface area contributed by atoms with Crippen LogP contribution in [0.4, 0.5) is 0 Å². The van der Waals surface area contributed by atoms with Crippen molar-refractivity contribution < 1.29 is 0 Å². The summed E-state index contributed by atoms with van der Waals surface area (Å²) in [6.07, 6.45) is 19.1. The Hall–Kier alpha value is -1.24. The van der Waals surface area contributed by atoms with E-state index in [9.17, 15) is 0 Å². The molecule has 1 heteroatoms. The Balaban J connectivity index is 2.78. The Morgan fingerprint density at radius 3 is 2.39 bits per heavy atom. The first kappa shape index (κ1) is 14.8. The SMILES string of the molecule is CCCCCC1=C(N[C@@H](C)CC)/C=C/C=C\C=C\1. The van der Waals surface area contributed by atoms with Crippen molar-refractivity contribution in [3.05, 3.63) is 47.7 Å². The highest BCUT2D eigenvalue weighted by molar-refractivity contribution is 5.37. The van der Waals surface area contributed by atoms with E-state index >= 15 is 0 Å². The first-order valence-corrected chi connectivity index (χ1v) is 7.29. The van der Waals surface area contributed by atoms with Gasteiger partial charge < -0.3 is 5.32 Å². The third-order valence-corrected chi connectivity index (χ3v) is 3.30. The molecule has 1 aliphatic carbocycles. The van der Waals surface area contributed by atoms with Crippen molar-refractivity contribution in [2.24, 2.45) is 0 Å². The molecule has 0 saturated carbocycles. The summed E-state index contributed by atoms with van der Waals surface area (Å²) >= 11 is 0. The molecule has 0 aromatic carbocycles. The van der Waals surface area contributed by atoms with E-state index in [1.165, 1.54) is 37.0 Å². The highest BCUT2D eigenvalue weighted by Gasteiger charge is 2.05. The molecule has 0 aromatic heterocycles. The second-order valence-electron chi connectivity index (χ2n) is 4.95. The first-order valence-electron chi connectivity index (χ1n) is 7.29. The van der Waals surface area contributed by atoms with Crippen LogP contribution in [0.25, 0.3) is 0 Å². The molecule has 18 heavy (non-hydrogen) atoms. The number of nitrogens with one attached hydrogen (secondary N) is 1. The van der Waals surface area contributed by atoms with Gasteiger partial charge in [0.1, 0.15) is 0 Å². The Bertz CT molecular complexity index is 345. The average molecular weight is 245 g/mol. The highest BCUT2D eigenvalue weighted by Crippen LogP contribution is 2.17. The van der Waals surface area contributed by atoms with Crippen molar-refractivity contribution >= 4 is 0 Å². The molecule has 0 bridgehead atoms. The first-order chi connectivity index (χ1) is 8.77. The van der Waals surface area contributed by atoms with Gasteiger partial charge in [-0.25, -0.2) is 0 Å². The summed E-state index contributed by atoms with van der Waals surface area (Å²) in [6, 6.07) is 0.530. The Morgan fingerprint density at radius 1 is 1.00 bits per heavy atom. The van der Waals surface area contributed by atoms with Crippen molar-refractivity contribution in [2.75, 3.05) is 0 Å². The molecule has 100 valence electrons. The van der Waals surface area contributed by atoms with Gasteiger partial charge in [0.05, 0.1) is 0 Å². The minimum atomic E-state index is 0.530. The molecule has 0 spiro atoms. The van der Waals surface area contributed by atoms with Crippen LogP contribution in [0.5, 0.6) is 0 Å². The fourth-order valence-electron chi connectivity index (χ4n) is 1.94. The van der Waals surface area contributed by atoms with E-state index in [0.717, 1.165) is 6.42 Å². The van der Waals surface area contributed by atoms with Gasteiger partial charge in [-0.2, -0.15) is 0 Å². The van der Waals surface area contributed by atoms with Crippen LogP contribution in [-0.2, 0) is 0 Å². The monoisotopic (exact) mass is 245 g/mol. The Kier molecular flexibility index (Phi) is 7.24. The molecule has 1 rings (SSSR count). The van der Waals surface area contributed by atoms with Crippen LogP contribution in [0.15, 0.2) is 47.7 Å². The zero-order chi connectivity index (χ0) is 13.2. The van der Waals surface area contributed by atoms with Gasteiger partial charge in [0.2, 0.25) is 0 Å². The van der Waals surface area contributed by atoms with Crippen molar-refractivity contribution in [1.82, 2.24) is 5.32 Å². The van der Waals surface area contributed by atoms with Crippen molar-refractivity contribution in [3.63, 3.8) is 0 Å². The van der Waals surface area contributed by atoms with Crippen molar-refractivity contribution in [2.45, 2.75) is 58.9 Å². The van der Waals surface area contributed by atoms with Crippen LogP contribution in [-0.4, -0.2) is 6.04 Å². The average Bonchev–Trinajstić information content (AvgIpc) is 2.36. The largest absolute Gasteiger partial charge is 0.382 e. The highest BCUT2D eigenvalue weighted by atomic mass is 14.9. The summed E-state index contributed by atoms with van der Waals surface area (Å²) in [5.74, 6) is 0. The van der Waals surface area contributed by atoms with E-state index in [0.29, 0.717) is 6.04 Å². The molecule has 0 amide bonds. The Labute approximate surface area is 112 Å². The molecule has 0 unspecified atom stereocenters. The fraction of sp³-hybridized carbons (Fsp3) is 0.529. The van der Waals surface area contributed by atoms with E-state index in [1.807, 2.05) is 0 Å². The molecule has 0 saturated heterocycles. The zero-order valence-electron chi connectivity index (χ0n) is 12.1. The van der Waals surface area contributed by atoms with E-state index < -0.39 is 0 Å². The summed E-state index contributed by atoms with van der Waals surface area (Å²) in [5, 5.41) is 3.62. The van der Waals surface area contributed by atoms with Gasteiger partial charge in [-0.1, -0.05) is 57.1 Å². The summed E-state index contributed by atoms with van der Waals surface area (Å²) < 4.78 is 0. The molecule has 1 atom stereocenters. The van der Waals surface area contributed by atoms with Crippen LogP contribution in [0.2, 0.25) is 0 Å². The number of rotatable bonds is 7. The number of hydrogen-bond donors (Lipinski definition) is 1. The third-order valence-electron chi connectivity index (χ3n) is 3.30. The van der Waals surface area contributed by atoms with Gasteiger partial charge >= 0.3 is 0 Å². The van der Waals surface area contributed by atoms with Gasteiger partial charge in [0, 0.05) is 11.7 Å². The minimum absolute atomic E-state index is 0.530. The molecule has 1 nitrogen and oxygen atoms in total.